The summed E-state index contributed by atoms with van der Waals surface area (Å²) in [6.45, 7) is 1.97. The van der Waals surface area contributed by atoms with Crippen LogP contribution in [0.15, 0.2) is 24.3 Å². The van der Waals surface area contributed by atoms with E-state index in [4.69, 9.17) is 4.74 Å². The molecule has 1 aromatic carbocycles. The molecule has 0 atom stereocenters. The summed E-state index contributed by atoms with van der Waals surface area (Å²) >= 11 is 0. The third-order valence-corrected chi connectivity index (χ3v) is 1.90. The van der Waals surface area contributed by atoms with E-state index in [2.05, 4.69) is 0 Å². The number of nitro benzene ring substituents is 1. The van der Waals surface area contributed by atoms with Gasteiger partial charge in [0.15, 0.2) is 0 Å². The lowest BCUT2D eigenvalue weighted by molar-refractivity contribution is -0.384. The van der Waals surface area contributed by atoms with E-state index in [1.807, 2.05) is 6.92 Å². The van der Waals surface area contributed by atoms with Gasteiger partial charge in [-0.2, -0.15) is 0 Å². The summed E-state index contributed by atoms with van der Waals surface area (Å²) in [5.41, 5.74) is 0.749. The zero-order valence-electron chi connectivity index (χ0n) is 8.88. The lowest BCUT2D eigenvalue weighted by Crippen LogP contribution is -2.04. The van der Waals surface area contributed by atoms with E-state index in [0.717, 1.165) is 5.56 Å². The number of hydrogen-bond acceptors (Lipinski definition) is 4. The number of rotatable bonds is 5. The number of hydrogen-bond donors (Lipinski definition) is 0. The molecule has 0 fully saturated rings. The minimum Gasteiger partial charge on any atom is -0.461 e. The van der Waals surface area contributed by atoms with Gasteiger partial charge in [0.2, 0.25) is 0 Å². The van der Waals surface area contributed by atoms with Gasteiger partial charge in [-0.15, -0.1) is 0 Å². The normalized spacial score (nSPS) is 9.81. The van der Waals surface area contributed by atoms with Gasteiger partial charge in [-0.05, 0) is 24.1 Å². The fraction of sp³-hybridized carbons (Fsp3) is 0.273. The molecule has 5 nitrogen and oxygen atoms in total. The fourth-order valence-corrected chi connectivity index (χ4v) is 1.09. The zero-order chi connectivity index (χ0) is 12.0. The van der Waals surface area contributed by atoms with Crippen molar-refractivity contribution in [3.05, 3.63) is 46.4 Å². The molecule has 0 unspecified atom stereocenters. The number of non-ortho nitro benzene ring substituents is 1. The van der Waals surface area contributed by atoms with E-state index < -0.39 is 4.92 Å². The van der Waals surface area contributed by atoms with Crippen LogP contribution < -0.4 is 0 Å². The maximum Gasteiger partial charge on any atom is 0.310 e. The second-order valence-electron chi connectivity index (χ2n) is 3.14. The minimum absolute atomic E-state index is 0.0233. The van der Waals surface area contributed by atoms with Crippen molar-refractivity contribution in [3.8, 4) is 0 Å². The van der Waals surface area contributed by atoms with Gasteiger partial charge in [-0.25, -0.2) is 0 Å². The van der Waals surface area contributed by atoms with Gasteiger partial charge in [-0.1, -0.05) is 6.92 Å². The predicted molar refractivity (Wildman–Crippen MR) is 57.5 cm³/mol. The Morgan fingerprint density at radius 2 is 2.06 bits per heavy atom. The Morgan fingerprint density at radius 3 is 2.56 bits per heavy atom. The standard InChI is InChI=1S/C11H12NO4/c1-2-3-11(13)16-8-9-4-6-10(7-5-9)12(14)15/h3-7H,2,8H2,1H3. The van der Waals surface area contributed by atoms with Gasteiger partial charge in [-0.3, -0.25) is 14.9 Å². The topological polar surface area (TPSA) is 69.4 Å². The molecule has 0 saturated heterocycles. The second-order valence-corrected chi connectivity index (χ2v) is 3.14. The van der Waals surface area contributed by atoms with Crippen molar-refractivity contribution in [1.29, 1.82) is 0 Å². The van der Waals surface area contributed by atoms with E-state index in [0.29, 0.717) is 6.42 Å². The number of ether oxygens (including phenoxy) is 1. The van der Waals surface area contributed by atoms with E-state index in [1.54, 1.807) is 12.1 Å². The molecule has 0 aliphatic carbocycles. The highest BCUT2D eigenvalue weighted by atomic mass is 16.6. The first kappa shape index (κ1) is 12.2. The molecule has 0 aromatic heterocycles. The lowest BCUT2D eigenvalue weighted by Gasteiger charge is -2.03. The van der Waals surface area contributed by atoms with Crippen molar-refractivity contribution in [2.24, 2.45) is 0 Å². The summed E-state index contributed by atoms with van der Waals surface area (Å²) in [5, 5.41) is 10.4. The molecule has 16 heavy (non-hydrogen) atoms. The summed E-state index contributed by atoms with van der Waals surface area (Å²) in [7, 11) is 0. The quantitative estimate of drug-likeness (QED) is 0.435. The molecule has 0 aliphatic heterocycles. The average molecular weight is 222 g/mol. The van der Waals surface area contributed by atoms with Crippen LogP contribution >= 0.6 is 0 Å². The van der Waals surface area contributed by atoms with Crippen molar-refractivity contribution < 1.29 is 14.5 Å². The van der Waals surface area contributed by atoms with Gasteiger partial charge < -0.3 is 4.74 Å². The molecule has 0 amide bonds. The summed E-state index contributed by atoms with van der Waals surface area (Å²) < 4.78 is 4.90. The molecule has 0 saturated carbocycles. The molecule has 0 N–H and O–H groups in total. The molecular formula is C11H12NO4. The Labute approximate surface area is 93.2 Å². The maximum atomic E-state index is 11.0. The van der Waals surface area contributed by atoms with Crippen LogP contribution in [0.2, 0.25) is 0 Å². The smallest absolute Gasteiger partial charge is 0.310 e. The molecule has 0 aliphatic rings. The van der Waals surface area contributed by atoms with Gasteiger partial charge >= 0.3 is 5.97 Å². The van der Waals surface area contributed by atoms with Crippen LogP contribution in [0.5, 0.6) is 0 Å². The van der Waals surface area contributed by atoms with E-state index in [1.165, 1.54) is 18.6 Å². The SMILES string of the molecule is CC[CH]C(=O)OCc1ccc([N+](=O)[O-])cc1. The summed E-state index contributed by atoms with van der Waals surface area (Å²) in [4.78, 5) is 20.9. The molecule has 1 radical (unpaired) electrons. The summed E-state index contributed by atoms with van der Waals surface area (Å²) in [6.07, 6.45) is 2.06. The van der Waals surface area contributed by atoms with Crippen LogP contribution in [0.3, 0.4) is 0 Å². The van der Waals surface area contributed by atoms with E-state index in [9.17, 15) is 14.9 Å². The first-order valence-electron chi connectivity index (χ1n) is 4.86. The summed E-state index contributed by atoms with van der Waals surface area (Å²) in [5.74, 6) is -0.374. The first-order chi connectivity index (χ1) is 7.63. The van der Waals surface area contributed by atoms with Crippen molar-refractivity contribution in [2.75, 3.05) is 0 Å². The number of nitro groups is 1. The Kier molecular flexibility index (Phi) is 4.44. The third kappa shape index (κ3) is 3.68. The third-order valence-electron chi connectivity index (χ3n) is 1.90. The van der Waals surface area contributed by atoms with Gasteiger partial charge in [0.25, 0.3) is 5.69 Å². The molecule has 5 heteroatoms. The molecule has 1 aromatic rings. The van der Waals surface area contributed by atoms with Crippen molar-refractivity contribution in [2.45, 2.75) is 20.0 Å². The number of esters is 1. The van der Waals surface area contributed by atoms with Gasteiger partial charge in [0.1, 0.15) is 6.61 Å². The predicted octanol–water partition coefficient (Wildman–Crippen LogP) is 2.25. The molecular weight excluding hydrogens is 210 g/mol. The Morgan fingerprint density at radius 1 is 1.44 bits per heavy atom. The number of carbonyl (C=O) groups excluding carboxylic acids is 1. The average Bonchev–Trinajstić information content (AvgIpc) is 2.27. The Hall–Kier alpha value is -1.91. The monoisotopic (exact) mass is 222 g/mol. The first-order valence-corrected chi connectivity index (χ1v) is 4.86. The van der Waals surface area contributed by atoms with Gasteiger partial charge in [0.05, 0.1) is 11.3 Å². The lowest BCUT2D eigenvalue weighted by atomic mass is 10.2. The van der Waals surface area contributed by atoms with Crippen LogP contribution in [0.4, 0.5) is 5.69 Å². The van der Waals surface area contributed by atoms with Crippen LogP contribution in [-0.4, -0.2) is 10.9 Å². The highest BCUT2D eigenvalue weighted by Crippen LogP contribution is 2.12. The molecule has 85 valence electrons. The largest absolute Gasteiger partial charge is 0.461 e. The van der Waals surface area contributed by atoms with Gasteiger partial charge in [0, 0.05) is 12.1 Å². The second kappa shape index (κ2) is 5.85. The molecule has 0 heterocycles. The summed E-state index contributed by atoms with van der Waals surface area (Å²) in [6, 6.07) is 5.90. The van der Waals surface area contributed by atoms with E-state index >= 15 is 0 Å². The highest BCUT2D eigenvalue weighted by molar-refractivity contribution is 5.78. The van der Waals surface area contributed by atoms with Crippen LogP contribution in [0.25, 0.3) is 0 Å². The van der Waals surface area contributed by atoms with Crippen molar-refractivity contribution in [3.63, 3.8) is 0 Å². The van der Waals surface area contributed by atoms with Crippen LogP contribution in [-0.2, 0) is 16.1 Å². The van der Waals surface area contributed by atoms with E-state index in [-0.39, 0.29) is 18.3 Å². The zero-order valence-corrected chi connectivity index (χ0v) is 8.88. The minimum atomic E-state index is -0.472. The molecule has 0 spiro atoms. The Bertz CT molecular complexity index is 372. The molecule has 0 bridgehead atoms. The fourth-order valence-electron chi connectivity index (χ4n) is 1.09. The Balaban J connectivity index is 2.49. The number of carbonyl (C=O) groups is 1. The molecule has 1 rings (SSSR count). The number of benzene rings is 1. The van der Waals surface area contributed by atoms with Crippen LogP contribution in [0.1, 0.15) is 18.9 Å². The number of nitrogens with zero attached hydrogens (tertiary/aromatic N) is 1. The van der Waals surface area contributed by atoms with Crippen LogP contribution in [0, 0.1) is 16.5 Å². The van der Waals surface area contributed by atoms with Crippen molar-refractivity contribution >= 4 is 11.7 Å². The van der Waals surface area contributed by atoms with Crippen molar-refractivity contribution in [1.82, 2.24) is 0 Å². The maximum absolute atomic E-state index is 11.0. The highest BCUT2D eigenvalue weighted by Gasteiger charge is 2.05.